The first-order valence-corrected chi connectivity index (χ1v) is 11.5. The number of fused-ring (bicyclic) bond motifs is 1. The molecule has 10 nitrogen and oxygen atoms in total. The molecule has 0 spiro atoms. The van der Waals surface area contributed by atoms with Crippen molar-refractivity contribution >= 4 is 24.8 Å². The van der Waals surface area contributed by atoms with E-state index < -0.39 is 32.4 Å². The summed E-state index contributed by atoms with van der Waals surface area (Å²) >= 11 is 0. The average molecular weight is 491 g/mol. The lowest BCUT2D eigenvalue weighted by atomic mass is 10.3. The van der Waals surface area contributed by atoms with E-state index in [0.717, 1.165) is 24.3 Å². The highest BCUT2D eigenvalue weighted by Gasteiger charge is 2.31. The second-order valence-corrected chi connectivity index (χ2v) is 8.61. The Morgan fingerprint density at radius 3 is 2.15 bits per heavy atom. The van der Waals surface area contributed by atoms with Gasteiger partial charge in [0.2, 0.25) is 0 Å². The third-order valence-electron chi connectivity index (χ3n) is 4.51. The standard InChI is InChI=1S/C21H20F2N5O5P/c1-14(10-28-12-27-19-20(24)25-11-26-21(19)28)30-13-31-34(29,32-17-6-2-15(22)3-7-17)33-18-8-4-16(23)5-9-18/h2-9,11-12,14H,10,13H2,1H3,(H2,24,25,26)/t14-/m1/s1. The lowest BCUT2D eigenvalue weighted by Gasteiger charge is -2.20. The largest absolute Gasteiger partial charge is 0.589 e. The number of benzene rings is 2. The van der Waals surface area contributed by atoms with Gasteiger partial charge in [0, 0.05) is 0 Å². The Morgan fingerprint density at radius 1 is 0.971 bits per heavy atom. The fourth-order valence-corrected chi connectivity index (χ4v) is 3.99. The molecule has 0 saturated heterocycles. The van der Waals surface area contributed by atoms with E-state index in [9.17, 15) is 13.3 Å². The maximum atomic E-state index is 13.3. The number of nitrogens with zero attached hydrogens (tertiary/aromatic N) is 4. The van der Waals surface area contributed by atoms with E-state index in [2.05, 4.69) is 15.0 Å². The Bertz CT molecular complexity index is 1250. The Hall–Kier alpha value is -3.60. The first kappa shape index (κ1) is 23.6. The molecule has 2 aromatic heterocycles. The molecule has 0 aliphatic rings. The van der Waals surface area contributed by atoms with Gasteiger partial charge in [-0.1, -0.05) is 0 Å². The van der Waals surface area contributed by atoms with Crippen molar-refractivity contribution < 1.29 is 31.7 Å². The number of phosphoric acid groups is 1. The van der Waals surface area contributed by atoms with Crippen LogP contribution in [-0.4, -0.2) is 32.4 Å². The van der Waals surface area contributed by atoms with Crippen LogP contribution in [0.1, 0.15) is 6.92 Å². The first-order valence-electron chi connectivity index (χ1n) is 9.99. The summed E-state index contributed by atoms with van der Waals surface area (Å²) in [6.45, 7) is 1.62. The summed E-state index contributed by atoms with van der Waals surface area (Å²) in [5.41, 5.74) is 6.80. The van der Waals surface area contributed by atoms with Gasteiger partial charge in [-0.3, -0.25) is 0 Å². The van der Waals surface area contributed by atoms with Crippen LogP contribution in [0.4, 0.5) is 14.6 Å². The van der Waals surface area contributed by atoms with Gasteiger partial charge in [0.15, 0.2) is 18.3 Å². The van der Waals surface area contributed by atoms with E-state index in [-0.39, 0.29) is 17.3 Å². The number of phosphoric ester groups is 1. The van der Waals surface area contributed by atoms with Gasteiger partial charge in [0.25, 0.3) is 0 Å². The maximum Gasteiger partial charge on any atom is 0.589 e. The van der Waals surface area contributed by atoms with Crippen LogP contribution in [0.5, 0.6) is 11.5 Å². The van der Waals surface area contributed by atoms with Gasteiger partial charge in [0.1, 0.15) is 35.0 Å². The molecule has 0 radical (unpaired) electrons. The molecular weight excluding hydrogens is 471 g/mol. The molecule has 34 heavy (non-hydrogen) atoms. The zero-order chi connectivity index (χ0) is 24.1. The maximum absolute atomic E-state index is 13.3. The fourth-order valence-electron chi connectivity index (χ4n) is 2.89. The van der Waals surface area contributed by atoms with Crippen LogP contribution < -0.4 is 14.8 Å². The van der Waals surface area contributed by atoms with Crippen LogP contribution in [0.25, 0.3) is 11.2 Å². The second kappa shape index (κ2) is 10.1. The molecule has 0 amide bonds. The van der Waals surface area contributed by atoms with Gasteiger partial charge < -0.3 is 24.1 Å². The minimum absolute atomic E-state index is 0.0436. The Labute approximate surface area is 192 Å². The van der Waals surface area contributed by atoms with Crippen LogP contribution in [0.3, 0.4) is 0 Å². The SMILES string of the molecule is C[C@H](Cn1cnc2c(N)ncnc21)OCOP(=O)(Oc1ccc(F)cc1)Oc1ccc(F)cc1. The van der Waals surface area contributed by atoms with Gasteiger partial charge in [-0.05, 0) is 55.5 Å². The molecular formula is C21H20F2N5O5P. The summed E-state index contributed by atoms with van der Waals surface area (Å²) in [6.07, 6.45) is 2.45. The molecule has 0 saturated carbocycles. The smallest absolute Gasteiger partial charge is 0.395 e. The summed E-state index contributed by atoms with van der Waals surface area (Å²) in [5, 5.41) is 0. The van der Waals surface area contributed by atoms with Crippen LogP contribution in [0, 0.1) is 11.6 Å². The van der Waals surface area contributed by atoms with Gasteiger partial charge >= 0.3 is 7.82 Å². The van der Waals surface area contributed by atoms with Gasteiger partial charge in [0.05, 0.1) is 19.0 Å². The summed E-state index contributed by atoms with van der Waals surface area (Å²) in [4.78, 5) is 12.2. The molecule has 2 N–H and O–H groups in total. The number of hydrogen-bond donors (Lipinski definition) is 1. The van der Waals surface area contributed by atoms with Crippen molar-refractivity contribution in [1.29, 1.82) is 0 Å². The van der Waals surface area contributed by atoms with Crippen molar-refractivity contribution in [2.24, 2.45) is 0 Å². The second-order valence-electron chi connectivity index (χ2n) is 7.09. The van der Waals surface area contributed by atoms with E-state index >= 15 is 0 Å². The minimum atomic E-state index is -4.29. The first-order chi connectivity index (χ1) is 16.3. The summed E-state index contributed by atoms with van der Waals surface area (Å²) in [5.74, 6) is -0.654. The highest BCUT2D eigenvalue weighted by Crippen LogP contribution is 2.49. The molecule has 2 aromatic carbocycles. The lowest BCUT2D eigenvalue weighted by molar-refractivity contribution is -0.0431. The Kier molecular flexibility index (Phi) is 7.01. The van der Waals surface area contributed by atoms with E-state index in [1.807, 2.05) is 0 Å². The number of anilines is 1. The number of ether oxygens (including phenoxy) is 1. The Morgan fingerprint density at radius 2 is 1.56 bits per heavy atom. The molecule has 4 rings (SSSR count). The summed E-state index contributed by atoms with van der Waals surface area (Å²) in [6, 6.07) is 9.57. The zero-order valence-electron chi connectivity index (χ0n) is 17.9. The van der Waals surface area contributed by atoms with Crippen molar-refractivity contribution in [1.82, 2.24) is 19.5 Å². The topological polar surface area (TPSA) is 124 Å². The molecule has 0 unspecified atom stereocenters. The monoisotopic (exact) mass is 491 g/mol. The number of imidazole rings is 1. The molecule has 0 bridgehead atoms. The van der Waals surface area contributed by atoms with Crippen molar-refractivity contribution in [3.05, 3.63) is 72.8 Å². The minimum Gasteiger partial charge on any atom is -0.395 e. The van der Waals surface area contributed by atoms with Crippen molar-refractivity contribution in [2.75, 3.05) is 12.5 Å². The third kappa shape index (κ3) is 5.84. The van der Waals surface area contributed by atoms with E-state index in [1.165, 1.54) is 30.6 Å². The van der Waals surface area contributed by atoms with Gasteiger partial charge in [-0.2, -0.15) is 0 Å². The highest BCUT2D eigenvalue weighted by molar-refractivity contribution is 7.49. The number of nitrogens with two attached hydrogens (primary N) is 1. The number of nitrogen functional groups attached to an aromatic ring is 1. The summed E-state index contributed by atoms with van der Waals surface area (Å²) < 4.78 is 63.1. The van der Waals surface area contributed by atoms with Crippen molar-refractivity contribution in [3.63, 3.8) is 0 Å². The van der Waals surface area contributed by atoms with Crippen LogP contribution in [0.15, 0.2) is 61.2 Å². The molecule has 2 heterocycles. The van der Waals surface area contributed by atoms with Crippen molar-refractivity contribution in [2.45, 2.75) is 19.6 Å². The van der Waals surface area contributed by atoms with E-state index in [1.54, 1.807) is 17.8 Å². The van der Waals surface area contributed by atoms with Crippen LogP contribution in [-0.2, 0) is 20.4 Å². The predicted molar refractivity (Wildman–Crippen MR) is 118 cm³/mol. The molecule has 0 aliphatic heterocycles. The highest BCUT2D eigenvalue weighted by atomic mass is 31.2. The van der Waals surface area contributed by atoms with E-state index in [4.69, 9.17) is 24.0 Å². The average Bonchev–Trinajstić information content (AvgIpc) is 3.21. The molecule has 178 valence electrons. The van der Waals surface area contributed by atoms with Gasteiger partial charge in [-0.25, -0.2) is 32.8 Å². The van der Waals surface area contributed by atoms with Crippen LogP contribution in [0.2, 0.25) is 0 Å². The molecule has 1 atom stereocenters. The lowest BCUT2D eigenvalue weighted by Crippen LogP contribution is -2.19. The molecule has 0 aliphatic carbocycles. The molecule has 0 fully saturated rings. The quantitative estimate of drug-likeness (QED) is 0.255. The number of halogens is 2. The molecule has 13 heteroatoms. The number of rotatable bonds is 10. The summed E-state index contributed by atoms with van der Waals surface area (Å²) in [7, 11) is -4.29. The zero-order valence-corrected chi connectivity index (χ0v) is 18.8. The Balaban J connectivity index is 1.41. The predicted octanol–water partition coefficient (Wildman–Crippen LogP) is 4.33. The normalized spacial score (nSPS) is 12.6. The molecule has 4 aromatic rings. The van der Waals surface area contributed by atoms with E-state index in [0.29, 0.717) is 17.7 Å². The van der Waals surface area contributed by atoms with Crippen molar-refractivity contribution in [3.8, 4) is 11.5 Å². The number of aromatic nitrogens is 4. The fraction of sp³-hybridized carbons (Fsp3) is 0.190. The third-order valence-corrected chi connectivity index (χ3v) is 5.80. The van der Waals surface area contributed by atoms with Crippen LogP contribution >= 0.6 is 7.82 Å². The van der Waals surface area contributed by atoms with Gasteiger partial charge in [-0.15, -0.1) is 0 Å². The number of hydrogen-bond acceptors (Lipinski definition) is 9.